The van der Waals surface area contributed by atoms with E-state index in [1.807, 2.05) is 13.8 Å². The quantitative estimate of drug-likeness (QED) is 0.768. The van der Waals surface area contributed by atoms with Gasteiger partial charge in [0.25, 0.3) is 5.91 Å². The van der Waals surface area contributed by atoms with Crippen LogP contribution in [0.25, 0.3) is 0 Å². The van der Waals surface area contributed by atoms with Crippen LogP contribution in [0, 0.1) is 11.7 Å². The Balaban J connectivity index is 2.39. The third kappa shape index (κ3) is 4.72. The van der Waals surface area contributed by atoms with E-state index >= 15 is 0 Å². The zero-order valence-electron chi connectivity index (χ0n) is 10.00. The molecule has 0 spiro atoms. The van der Waals surface area contributed by atoms with E-state index in [9.17, 15) is 9.18 Å². The van der Waals surface area contributed by atoms with Crippen LogP contribution in [0.2, 0.25) is 0 Å². The van der Waals surface area contributed by atoms with Crippen molar-refractivity contribution in [2.45, 2.75) is 13.8 Å². The SMILES string of the molecule is CC(C)CNC(=O)COc1ccc(N)c(F)c1. The van der Waals surface area contributed by atoms with E-state index in [4.69, 9.17) is 10.5 Å². The van der Waals surface area contributed by atoms with Gasteiger partial charge in [-0.3, -0.25) is 4.79 Å². The van der Waals surface area contributed by atoms with Gasteiger partial charge in [-0.05, 0) is 18.1 Å². The number of nitrogen functional groups attached to an aromatic ring is 1. The van der Waals surface area contributed by atoms with Crippen LogP contribution in [-0.2, 0) is 4.79 Å². The summed E-state index contributed by atoms with van der Waals surface area (Å²) in [5.41, 5.74) is 5.37. The van der Waals surface area contributed by atoms with Crippen LogP contribution in [0.15, 0.2) is 18.2 Å². The normalized spacial score (nSPS) is 10.4. The molecule has 94 valence electrons. The van der Waals surface area contributed by atoms with Gasteiger partial charge in [0.2, 0.25) is 0 Å². The Morgan fingerprint density at radius 3 is 2.82 bits per heavy atom. The summed E-state index contributed by atoms with van der Waals surface area (Å²) in [4.78, 5) is 11.3. The number of benzene rings is 1. The molecule has 0 fully saturated rings. The van der Waals surface area contributed by atoms with E-state index in [1.54, 1.807) is 0 Å². The summed E-state index contributed by atoms with van der Waals surface area (Å²) in [5.74, 6) is -0.106. The molecule has 0 saturated carbocycles. The van der Waals surface area contributed by atoms with Gasteiger partial charge in [-0.25, -0.2) is 4.39 Å². The van der Waals surface area contributed by atoms with Crippen molar-refractivity contribution >= 4 is 11.6 Å². The molecule has 0 aliphatic heterocycles. The molecule has 1 rings (SSSR count). The molecular formula is C12H17FN2O2. The summed E-state index contributed by atoms with van der Waals surface area (Å²) in [5, 5.41) is 2.70. The van der Waals surface area contributed by atoms with Crippen molar-refractivity contribution in [3.8, 4) is 5.75 Å². The third-order valence-electron chi connectivity index (χ3n) is 2.05. The first-order chi connectivity index (χ1) is 7.99. The highest BCUT2D eigenvalue weighted by atomic mass is 19.1. The number of nitrogens with one attached hydrogen (secondary N) is 1. The smallest absolute Gasteiger partial charge is 0.257 e. The van der Waals surface area contributed by atoms with Gasteiger partial charge in [0.05, 0.1) is 5.69 Å². The molecule has 1 amide bonds. The van der Waals surface area contributed by atoms with Crippen molar-refractivity contribution < 1.29 is 13.9 Å². The van der Waals surface area contributed by atoms with E-state index in [-0.39, 0.29) is 24.0 Å². The Morgan fingerprint density at radius 2 is 2.24 bits per heavy atom. The molecule has 0 radical (unpaired) electrons. The van der Waals surface area contributed by atoms with Gasteiger partial charge in [-0.15, -0.1) is 0 Å². The summed E-state index contributed by atoms with van der Waals surface area (Å²) >= 11 is 0. The van der Waals surface area contributed by atoms with Crippen molar-refractivity contribution in [3.05, 3.63) is 24.0 Å². The van der Waals surface area contributed by atoms with Crippen LogP contribution >= 0.6 is 0 Å². The molecule has 1 aromatic carbocycles. The highest BCUT2D eigenvalue weighted by Gasteiger charge is 2.05. The topological polar surface area (TPSA) is 64.3 Å². The second-order valence-corrected chi connectivity index (χ2v) is 4.17. The third-order valence-corrected chi connectivity index (χ3v) is 2.05. The highest BCUT2D eigenvalue weighted by Crippen LogP contribution is 2.17. The first kappa shape index (κ1) is 13.3. The molecule has 5 heteroatoms. The number of nitrogens with two attached hydrogens (primary N) is 1. The minimum atomic E-state index is -0.551. The summed E-state index contributed by atoms with van der Waals surface area (Å²) in [6, 6.07) is 4.08. The first-order valence-corrected chi connectivity index (χ1v) is 5.43. The van der Waals surface area contributed by atoms with E-state index in [0.717, 1.165) is 6.07 Å². The number of carbonyl (C=O) groups excluding carboxylic acids is 1. The molecule has 0 atom stereocenters. The molecule has 4 nitrogen and oxygen atoms in total. The Bertz CT molecular complexity index is 394. The molecular weight excluding hydrogens is 223 g/mol. The van der Waals surface area contributed by atoms with Gasteiger partial charge in [0.1, 0.15) is 11.6 Å². The van der Waals surface area contributed by atoms with Crippen LogP contribution in [0.4, 0.5) is 10.1 Å². The second kappa shape index (κ2) is 6.08. The summed E-state index contributed by atoms with van der Waals surface area (Å²) in [6.45, 7) is 4.46. The fourth-order valence-electron chi connectivity index (χ4n) is 1.12. The van der Waals surface area contributed by atoms with Gasteiger partial charge >= 0.3 is 0 Å². The van der Waals surface area contributed by atoms with E-state index < -0.39 is 5.82 Å². The number of amides is 1. The lowest BCUT2D eigenvalue weighted by Crippen LogP contribution is -2.31. The zero-order chi connectivity index (χ0) is 12.8. The monoisotopic (exact) mass is 240 g/mol. The van der Waals surface area contributed by atoms with Crippen molar-refractivity contribution in [1.82, 2.24) is 5.32 Å². The number of halogens is 1. The Kier molecular flexibility index (Phi) is 4.75. The Labute approximate surface area is 100.0 Å². The average molecular weight is 240 g/mol. The van der Waals surface area contributed by atoms with Crippen LogP contribution in [0.1, 0.15) is 13.8 Å². The predicted octanol–water partition coefficient (Wildman–Crippen LogP) is 1.56. The Morgan fingerprint density at radius 1 is 1.53 bits per heavy atom. The van der Waals surface area contributed by atoms with Crippen molar-refractivity contribution in [1.29, 1.82) is 0 Å². The maximum absolute atomic E-state index is 13.1. The maximum atomic E-state index is 13.1. The lowest BCUT2D eigenvalue weighted by molar-refractivity contribution is -0.123. The zero-order valence-corrected chi connectivity index (χ0v) is 10.00. The largest absolute Gasteiger partial charge is 0.484 e. The second-order valence-electron chi connectivity index (χ2n) is 4.17. The summed E-state index contributed by atoms with van der Waals surface area (Å²) in [6.07, 6.45) is 0. The Hall–Kier alpha value is -1.78. The van der Waals surface area contributed by atoms with Crippen molar-refractivity contribution in [2.75, 3.05) is 18.9 Å². The van der Waals surface area contributed by atoms with Gasteiger partial charge in [0, 0.05) is 12.6 Å². The fraction of sp³-hybridized carbons (Fsp3) is 0.417. The van der Waals surface area contributed by atoms with Crippen LogP contribution in [-0.4, -0.2) is 19.1 Å². The van der Waals surface area contributed by atoms with Crippen LogP contribution < -0.4 is 15.8 Å². The number of hydrogen-bond acceptors (Lipinski definition) is 3. The molecule has 1 aromatic rings. The summed E-state index contributed by atoms with van der Waals surface area (Å²) < 4.78 is 18.2. The van der Waals surface area contributed by atoms with Gasteiger partial charge < -0.3 is 15.8 Å². The standard InChI is InChI=1S/C12H17FN2O2/c1-8(2)6-15-12(16)7-17-9-3-4-11(14)10(13)5-9/h3-5,8H,6-7,14H2,1-2H3,(H,15,16). The van der Waals surface area contributed by atoms with Crippen molar-refractivity contribution in [2.24, 2.45) is 5.92 Å². The van der Waals surface area contributed by atoms with E-state index in [2.05, 4.69) is 5.32 Å². The fourth-order valence-corrected chi connectivity index (χ4v) is 1.12. The van der Waals surface area contributed by atoms with Gasteiger partial charge in [0.15, 0.2) is 6.61 Å². The maximum Gasteiger partial charge on any atom is 0.257 e. The molecule has 0 aromatic heterocycles. The molecule has 3 N–H and O–H groups in total. The molecule has 0 bridgehead atoms. The lowest BCUT2D eigenvalue weighted by atomic mass is 10.2. The van der Waals surface area contributed by atoms with Gasteiger partial charge in [-0.1, -0.05) is 13.8 Å². The average Bonchev–Trinajstić information content (AvgIpc) is 2.28. The number of hydrogen-bond donors (Lipinski definition) is 2. The lowest BCUT2D eigenvalue weighted by Gasteiger charge is -2.09. The minimum absolute atomic E-state index is 0.0570. The number of carbonyl (C=O) groups is 1. The predicted molar refractivity (Wildman–Crippen MR) is 64.2 cm³/mol. The summed E-state index contributed by atoms with van der Waals surface area (Å²) in [7, 11) is 0. The van der Waals surface area contributed by atoms with E-state index in [0.29, 0.717) is 12.5 Å². The molecule has 0 aliphatic rings. The first-order valence-electron chi connectivity index (χ1n) is 5.43. The molecule has 0 unspecified atom stereocenters. The van der Waals surface area contributed by atoms with Crippen LogP contribution in [0.3, 0.4) is 0 Å². The van der Waals surface area contributed by atoms with Gasteiger partial charge in [-0.2, -0.15) is 0 Å². The number of rotatable bonds is 5. The minimum Gasteiger partial charge on any atom is -0.484 e. The molecule has 0 saturated heterocycles. The number of ether oxygens (including phenoxy) is 1. The molecule has 17 heavy (non-hydrogen) atoms. The van der Waals surface area contributed by atoms with Crippen molar-refractivity contribution in [3.63, 3.8) is 0 Å². The highest BCUT2D eigenvalue weighted by molar-refractivity contribution is 5.77. The number of anilines is 1. The molecule has 0 heterocycles. The van der Waals surface area contributed by atoms with Crippen LogP contribution in [0.5, 0.6) is 5.75 Å². The van der Waals surface area contributed by atoms with E-state index in [1.165, 1.54) is 12.1 Å². The molecule has 0 aliphatic carbocycles.